The lowest BCUT2D eigenvalue weighted by atomic mass is 10.0. The first-order valence-corrected chi connectivity index (χ1v) is 14.8. The zero-order chi connectivity index (χ0) is 32.7. The summed E-state index contributed by atoms with van der Waals surface area (Å²) in [5.41, 5.74) is 3.31. The number of benzene rings is 2. The molecule has 2 aromatic rings. The van der Waals surface area contributed by atoms with Gasteiger partial charge in [0.1, 0.15) is 12.2 Å². The highest BCUT2D eigenvalue weighted by atomic mass is 16.5. The minimum atomic E-state index is -0.765. The van der Waals surface area contributed by atoms with Crippen molar-refractivity contribution in [3.63, 3.8) is 0 Å². The van der Waals surface area contributed by atoms with Crippen molar-refractivity contribution in [3.05, 3.63) is 70.8 Å². The molecule has 0 aromatic heterocycles. The van der Waals surface area contributed by atoms with Crippen molar-refractivity contribution < 1.29 is 59.8 Å². The van der Waals surface area contributed by atoms with Gasteiger partial charge in [-0.3, -0.25) is 0 Å². The molecule has 8 N–H and O–H groups in total. The predicted octanol–water partition coefficient (Wildman–Crippen LogP) is 0.0594. The molecule has 0 saturated heterocycles. The molecular weight excluding hydrogens is 576 g/mol. The number of aliphatic hydroxyl groups excluding tert-OH is 8. The van der Waals surface area contributed by atoms with E-state index in [1.54, 1.807) is 38.1 Å². The van der Waals surface area contributed by atoms with E-state index in [0.29, 0.717) is 24.0 Å². The van der Waals surface area contributed by atoms with Gasteiger partial charge in [-0.2, -0.15) is 0 Å². The number of hydrogen-bond donors (Lipinski definition) is 8. The van der Waals surface area contributed by atoms with E-state index in [-0.39, 0.29) is 66.1 Å². The summed E-state index contributed by atoms with van der Waals surface area (Å²) in [7, 11) is 0. The van der Waals surface area contributed by atoms with Gasteiger partial charge < -0.3 is 59.8 Å². The average molecular weight is 629 g/mol. The molecule has 0 amide bonds. The second kappa shape index (κ2) is 24.2. The van der Waals surface area contributed by atoms with Gasteiger partial charge in [-0.1, -0.05) is 48.5 Å². The van der Waals surface area contributed by atoms with E-state index in [1.165, 1.54) is 0 Å². The quantitative estimate of drug-likeness (QED) is 0.0817. The van der Waals surface area contributed by atoms with Crippen LogP contribution in [0.15, 0.2) is 48.5 Å². The highest BCUT2D eigenvalue weighted by Gasteiger charge is 2.12. The zero-order valence-corrected chi connectivity index (χ0v) is 25.8. The lowest BCUT2D eigenvalue weighted by Gasteiger charge is -2.14. The van der Waals surface area contributed by atoms with Crippen LogP contribution in [0.2, 0.25) is 0 Å². The van der Waals surface area contributed by atoms with E-state index in [2.05, 4.69) is 0 Å². The fourth-order valence-corrected chi connectivity index (χ4v) is 3.87. The Bertz CT molecular complexity index is 863. The second-order valence-electron chi connectivity index (χ2n) is 10.6. The predicted molar refractivity (Wildman–Crippen MR) is 163 cm³/mol. The van der Waals surface area contributed by atoms with E-state index in [0.717, 1.165) is 11.1 Å². The standard InChI is InChI=1S/C18H30O6.C14H22O6/c1-13(19)9-23-11-17(21)7-15-3-5-16(6-4-15)8-18(22)12-24-10-14(2)20;15-5-7-19-9-13(17)11-1-2-12(4-3-11)14(18)10-20-8-6-16/h3-6,13-14,17-22H,7-12H2,1-2H3;1-4,13-18H,5-10H2. The zero-order valence-electron chi connectivity index (χ0n) is 25.8. The second-order valence-corrected chi connectivity index (χ2v) is 10.6. The van der Waals surface area contributed by atoms with Gasteiger partial charge >= 0.3 is 0 Å². The largest absolute Gasteiger partial charge is 0.394 e. The molecule has 12 heteroatoms. The van der Waals surface area contributed by atoms with Crippen LogP contribution in [0.5, 0.6) is 0 Å². The molecule has 6 unspecified atom stereocenters. The maximum absolute atomic E-state index is 9.89. The van der Waals surface area contributed by atoms with Crippen molar-refractivity contribution in [1.29, 1.82) is 0 Å². The highest BCUT2D eigenvalue weighted by Crippen LogP contribution is 2.18. The topological polar surface area (TPSA) is 199 Å². The summed E-state index contributed by atoms with van der Waals surface area (Å²) < 4.78 is 20.5. The third-order valence-electron chi connectivity index (χ3n) is 6.03. The van der Waals surface area contributed by atoms with Gasteiger partial charge in [0.15, 0.2) is 0 Å². The van der Waals surface area contributed by atoms with E-state index in [4.69, 9.17) is 39.4 Å². The molecule has 44 heavy (non-hydrogen) atoms. The van der Waals surface area contributed by atoms with E-state index >= 15 is 0 Å². The van der Waals surface area contributed by atoms with Crippen LogP contribution in [0, 0.1) is 0 Å². The Morgan fingerprint density at radius 1 is 0.477 bits per heavy atom. The lowest BCUT2D eigenvalue weighted by Crippen LogP contribution is -2.22. The molecule has 0 aliphatic heterocycles. The van der Waals surface area contributed by atoms with Crippen molar-refractivity contribution >= 4 is 0 Å². The molecule has 0 heterocycles. The molecule has 0 saturated carbocycles. The van der Waals surface area contributed by atoms with Gasteiger partial charge in [0, 0.05) is 12.8 Å². The molecule has 0 bridgehead atoms. The fourth-order valence-electron chi connectivity index (χ4n) is 3.87. The van der Waals surface area contributed by atoms with Crippen LogP contribution in [0.25, 0.3) is 0 Å². The molecule has 0 spiro atoms. The van der Waals surface area contributed by atoms with Gasteiger partial charge in [-0.05, 0) is 36.1 Å². The Kier molecular flexibility index (Phi) is 22.0. The SMILES string of the molecule is CC(O)COCC(O)Cc1ccc(CC(O)COCC(C)O)cc1.OCCOCC(O)c1ccc(C(O)COCCO)cc1. The van der Waals surface area contributed by atoms with Crippen LogP contribution < -0.4 is 0 Å². The first-order valence-electron chi connectivity index (χ1n) is 14.8. The van der Waals surface area contributed by atoms with Crippen molar-refractivity contribution in [3.8, 4) is 0 Å². The smallest absolute Gasteiger partial charge is 0.102 e. The molecule has 0 fully saturated rings. The summed E-state index contributed by atoms with van der Waals surface area (Å²) in [5.74, 6) is 0. The van der Waals surface area contributed by atoms with Crippen LogP contribution in [-0.2, 0) is 31.8 Å². The molecular formula is C32H52O12. The van der Waals surface area contributed by atoms with Crippen LogP contribution in [0.1, 0.15) is 48.3 Å². The van der Waals surface area contributed by atoms with Crippen molar-refractivity contribution in [1.82, 2.24) is 0 Å². The molecule has 0 radical (unpaired) electrons. The molecule has 2 aromatic carbocycles. The molecule has 252 valence electrons. The first-order chi connectivity index (χ1) is 21.0. The fraction of sp³-hybridized carbons (Fsp3) is 0.625. The molecule has 6 atom stereocenters. The van der Waals surface area contributed by atoms with Crippen molar-refractivity contribution in [2.24, 2.45) is 0 Å². The van der Waals surface area contributed by atoms with E-state index in [1.807, 2.05) is 24.3 Å². The van der Waals surface area contributed by atoms with E-state index in [9.17, 15) is 20.4 Å². The van der Waals surface area contributed by atoms with Crippen LogP contribution in [0.3, 0.4) is 0 Å². The monoisotopic (exact) mass is 628 g/mol. The van der Waals surface area contributed by atoms with Gasteiger partial charge in [0.25, 0.3) is 0 Å². The Morgan fingerprint density at radius 3 is 1.11 bits per heavy atom. The van der Waals surface area contributed by atoms with Crippen LogP contribution >= 0.6 is 0 Å². The summed E-state index contributed by atoms with van der Waals surface area (Å²) in [6.45, 7) is 4.52. The van der Waals surface area contributed by atoms with Gasteiger partial charge in [0.05, 0.1) is 90.5 Å². The van der Waals surface area contributed by atoms with Crippen molar-refractivity contribution in [2.45, 2.75) is 63.3 Å². The number of ether oxygens (including phenoxy) is 4. The van der Waals surface area contributed by atoms with E-state index < -0.39 is 36.6 Å². The minimum absolute atomic E-state index is 0.0777. The Morgan fingerprint density at radius 2 is 0.818 bits per heavy atom. The molecule has 0 aliphatic rings. The summed E-state index contributed by atoms with van der Waals surface area (Å²) >= 11 is 0. The average Bonchev–Trinajstić information content (AvgIpc) is 2.98. The van der Waals surface area contributed by atoms with Gasteiger partial charge in [-0.15, -0.1) is 0 Å². The third-order valence-corrected chi connectivity index (χ3v) is 6.03. The summed E-state index contributed by atoms with van der Waals surface area (Å²) in [6, 6.07) is 14.5. The highest BCUT2D eigenvalue weighted by molar-refractivity contribution is 5.26. The summed E-state index contributed by atoms with van der Waals surface area (Å²) in [6.07, 6.45) is -2.89. The molecule has 2 rings (SSSR count). The summed E-state index contributed by atoms with van der Waals surface area (Å²) in [4.78, 5) is 0. The Labute approximate surface area is 260 Å². The van der Waals surface area contributed by atoms with Gasteiger partial charge in [0.2, 0.25) is 0 Å². The third kappa shape index (κ3) is 19.4. The maximum Gasteiger partial charge on any atom is 0.102 e. The van der Waals surface area contributed by atoms with Gasteiger partial charge in [-0.25, -0.2) is 0 Å². The van der Waals surface area contributed by atoms with Crippen LogP contribution in [-0.4, -0.2) is 131 Å². The minimum Gasteiger partial charge on any atom is -0.394 e. The molecule has 12 nitrogen and oxygen atoms in total. The number of aliphatic hydroxyl groups is 8. The summed E-state index contributed by atoms with van der Waals surface area (Å²) in [5, 5.41) is 74.8. The normalized spacial score (nSPS) is 15.5. The Hall–Kier alpha value is -2.04. The Balaban J connectivity index is 0.000000447. The maximum atomic E-state index is 9.89. The van der Waals surface area contributed by atoms with Crippen molar-refractivity contribution in [2.75, 3.05) is 66.1 Å². The first kappa shape index (κ1) is 40.0. The number of hydrogen-bond acceptors (Lipinski definition) is 12. The lowest BCUT2D eigenvalue weighted by molar-refractivity contribution is -0.00196. The number of rotatable bonds is 22. The van der Waals surface area contributed by atoms with Crippen LogP contribution in [0.4, 0.5) is 0 Å². The molecule has 0 aliphatic carbocycles.